The maximum Gasteiger partial charge on any atom is 0.271 e. The summed E-state index contributed by atoms with van der Waals surface area (Å²) in [4.78, 5) is 11.9. The van der Waals surface area contributed by atoms with E-state index in [0.717, 1.165) is 0 Å². The quantitative estimate of drug-likeness (QED) is 0.753. The van der Waals surface area contributed by atoms with E-state index in [1.54, 1.807) is 30.5 Å². The van der Waals surface area contributed by atoms with Crippen molar-refractivity contribution in [2.75, 3.05) is 26.4 Å². The van der Waals surface area contributed by atoms with Crippen molar-refractivity contribution in [3.8, 4) is 5.69 Å². The van der Waals surface area contributed by atoms with E-state index >= 15 is 0 Å². The number of aliphatic hydroxyl groups excluding tert-OH is 1. The van der Waals surface area contributed by atoms with Gasteiger partial charge in [-0.2, -0.15) is 5.10 Å². The van der Waals surface area contributed by atoms with Crippen LogP contribution >= 0.6 is 23.2 Å². The van der Waals surface area contributed by atoms with Gasteiger partial charge in [-0.3, -0.25) is 4.79 Å². The molecule has 1 aromatic carbocycles. The van der Waals surface area contributed by atoms with E-state index in [1.807, 2.05) is 0 Å². The van der Waals surface area contributed by atoms with Crippen molar-refractivity contribution >= 4 is 29.1 Å². The molecular formula is C14H15Cl2N3O3. The lowest BCUT2D eigenvalue weighted by atomic mass is 10.3. The third-order valence-electron chi connectivity index (χ3n) is 2.75. The Bertz CT molecular complexity index is 646. The number of hydrogen-bond donors (Lipinski definition) is 2. The van der Waals surface area contributed by atoms with Crippen LogP contribution in [0, 0.1) is 0 Å². The van der Waals surface area contributed by atoms with Gasteiger partial charge in [0.25, 0.3) is 5.91 Å². The zero-order valence-electron chi connectivity index (χ0n) is 11.6. The molecule has 0 aliphatic rings. The molecule has 0 fully saturated rings. The van der Waals surface area contributed by atoms with Crippen LogP contribution in [0.4, 0.5) is 0 Å². The molecule has 2 rings (SSSR count). The fourth-order valence-corrected chi connectivity index (χ4v) is 2.24. The number of carbonyl (C=O) groups excluding carboxylic acids is 1. The minimum Gasteiger partial charge on any atom is -0.394 e. The van der Waals surface area contributed by atoms with Gasteiger partial charge in [-0.15, -0.1) is 0 Å². The largest absolute Gasteiger partial charge is 0.394 e. The average molecular weight is 344 g/mol. The highest BCUT2D eigenvalue weighted by Gasteiger charge is 2.11. The number of ether oxygens (including phenoxy) is 1. The summed E-state index contributed by atoms with van der Waals surface area (Å²) >= 11 is 11.9. The molecule has 2 aromatic rings. The summed E-state index contributed by atoms with van der Waals surface area (Å²) < 4.78 is 6.56. The van der Waals surface area contributed by atoms with Crippen LogP contribution in [0.3, 0.4) is 0 Å². The van der Waals surface area contributed by atoms with Gasteiger partial charge in [-0.05, 0) is 24.3 Å². The smallest absolute Gasteiger partial charge is 0.271 e. The number of halogens is 2. The fourth-order valence-electron chi connectivity index (χ4n) is 1.74. The molecule has 1 heterocycles. The number of amides is 1. The van der Waals surface area contributed by atoms with Crippen molar-refractivity contribution in [3.63, 3.8) is 0 Å². The van der Waals surface area contributed by atoms with E-state index in [-0.39, 0.29) is 24.8 Å². The molecule has 0 aliphatic heterocycles. The number of benzene rings is 1. The Kier molecular flexibility index (Phi) is 6.21. The first-order chi connectivity index (χ1) is 10.6. The van der Waals surface area contributed by atoms with Gasteiger partial charge in [0.05, 0.1) is 30.5 Å². The van der Waals surface area contributed by atoms with Gasteiger partial charge in [0.2, 0.25) is 0 Å². The Morgan fingerprint density at radius 2 is 2.14 bits per heavy atom. The predicted octanol–water partition coefficient (Wildman–Crippen LogP) is 1.92. The Morgan fingerprint density at radius 3 is 2.86 bits per heavy atom. The number of rotatable bonds is 7. The fraction of sp³-hybridized carbons (Fsp3) is 0.286. The second-order valence-electron chi connectivity index (χ2n) is 4.33. The molecular weight excluding hydrogens is 329 g/mol. The predicted molar refractivity (Wildman–Crippen MR) is 83.8 cm³/mol. The van der Waals surface area contributed by atoms with E-state index in [2.05, 4.69) is 10.4 Å². The minimum absolute atomic E-state index is 0.0415. The van der Waals surface area contributed by atoms with Gasteiger partial charge in [-0.1, -0.05) is 23.2 Å². The van der Waals surface area contributed by atoms with Crippen LogP contribution in [0.15, 0.2) is 30.5 Å². The maximum atomic E-state index is 11.9. The molecule has 0 saturated heterocycles. The monoisotopic (exact) mass is 343 g/mol. The topological polar surface area (TPSA) is 76.4 Å². The second-order valence-corrected chi connectivity index (χ2v) is 5.18. The number of nitrogens with one attached hydrogen (secondary N) is 1. The number of carbonyl (C=O) groups is 1. The highest BCUT2D eigenvalue weighted by Crippen LogP contribution is 2.23. The summed E-state index contributed by atoms with van der Waals surface area (Å²) in [5.41, 5.74) is 0.907. The van der Waals surface area contributed by atoms with Crippen molar-refractivity contribution in [2.45, 2.75) is 0 Å². The molecule has 0 radical (unpaired) electrons. The Hall–Kier alpha value is -1.60. The van der Waals surface area contributed by atoms with E-state index in [0.29, 0.717) is 28.9 Å². The van der Waals surface area contributed by atoms with Crippen molar-refractivity contribution in [2.24, 2.45) is 0 Å². The lowest BCUT2D eigenvalue weighted by Crippen LogP contribution is -2.28. The third kappa shape index (κ3) is 4.45. The van der Waals surface area contributed by atoms with Gasteiger partial charge in [0, 0.05) is 17.8 Å². The number of aliphatic hydroxyl groups is 1. The normalized spacial score (nSPS) is 10.7. The van der Waals surface area contributed by atoms with Gasteiger partial charge < -0.3 is 15.2 Å². The molecule has 0 spiro atoms. The molecule has 6 nitrogen and oxygen atoms in total. The molecule has 0 unspecified atom stereocenters. The minimum atomic E-state index is -0.309. The summed E-state index contributed by atoms with van der Waals surface area (Å²) in [5, 5.41) is 16.4. The van der Waals surface area contributed by atoms with Gasteiger partial charge in [-0.25, -0.2) is 4.68 Å². The Balaban J connectivity index is 1.97. The summed E-state index contributed by atoms with van der Waals surface area (Å²) in [6.07, 6.45) is 1.65. The molecule has 8 heteroatoms. The zero-order chi connectivity index (χ0) is 15.9. The summed E-state index contributed by atoms with van der Waals surface area (Å²) in [7, 11) is 0. The lowest BCUT2D eigenvalue weighted by Gasteiger charge is -2.05. The molecule has 22 heavy (non-hydrogen) atoms. The van der Waals surface area contributed by atoms with Crippen LogP contribution < -0.4 is 5.32 Å². The number of aromatic nitrogens is 2. The van der Waals surface area contributed by atoms with E-state index in [1.165, 1.54) is 4.68 Å². The zero-order valence-corrected chi connectivity index (χ0v) is 13.1. The van der Waals surface area contributed by atoms with Crippen LogP contribution in [-0.2, 0) is 4.74 Å². The first-order valence-corrected chi connectivity index (χ1v) is 7.35. The molecule has 118 valence electrons. The second kappa shape index (κ2) is 8.14. The highest BCUT2D eigenvalue weighted by molar-refractivity contribution is 6.35. The standard InChI is InChI=1S/C14H15Cl2N3O3/c15-10-1-2-13(11(16)9-10)19-5-3-12(18-19)14(21)17-4-7-22-8-6-20/h1-3,5,9,20H,4,6-8H2,(H,17,21). The lowest BCUT2D eigenvalue weighted by molar-refractivity contribution is 0.0835. The Labute approximate surface area is 137 Å². The van der Waals surface area contributed by atoms with E-state index in [4.69, 9.17) is 33.0 Å². The first kappa shape index (κ1) is 16.8. The maximum absolute atomic E-state index is 11.9. The molecule has 1 aromatic heterocycles. The van der Waals surface area contributed by atoms with Crippen LogP contribution in [0.1, 0.15) is 10.5 Å². The van der Waals surface area contributed by atoms with Crippen LogP contribution in [0.5, 0.6) is 0 Å². The van der Waals surface area contributed by atoms with Gasteiger partial charge in [0.15, 0.2) is 5.69 Å². The van der Waals surface area contributed by atoms with Gasteiger partial charge >= 0.3 is 0 Å². The summed E-state index contributed by atoms with van der Waals surface area (Å²) in [6, 6.07) is 6.62. The van der Waals surface area contributed by atoms with Crippen molar-refractivity contribution < 1.29 is 14.6 Å². The number of hydrogen-bond acceptors (Lipinski definition) is 4. The molecule has 0 aliphatic carbocycles. The van der Waals surface area contributed by atoms with Gasteiger partial charge in [0.1, 0.15) is 0 Å². The average Bonchev–Trinajstić information content (AvgIpc) is 2.96. The van der Waals surface area contributed by atoms with E-state index in [9.17, 15) is 4.79 Å². The Morgan fingerprint density at radius 1 is 1.32 bits per heavy atom. The third-order valence-corrected chi connectivity index (χ3v) is 3.28. The van der Waals surface area contributed by atoms with Crippen LogP contribution in [-0.4, -0.2) is 47.2 Å². The highest BCUT2D eigenvalue weighted by atomic mass is 35.5. The number of nitrogens with zero attached hydrogens (tertiary/aromatic N) is 2. The molecule has 2 N–H and O–H groups in total. The molecule has 0 atom stereocenters. The van der Waals surface area contributed by atoms with Crippen molar-refractivity contribution in [3.05, 3.63) is 46.2 Å². The molecule has 1 amide bonds. The van der Waals surface area contributed by atoms with Crippen LogP contribution in [0.2, 0.25) is 10.0 Å². The molecule has 0 saturated carbocycles. The summed E-state index contributed by atoms with van der Waals surface area (Å²) in [6.45, 7) is 0.878. The first-order valence-electron chi connectivity index (χ1n) is 6.59. The molecule has 0 bridgehead atoms. The SMILES string of the molecule is O=C(NCCOCCO)c1ccn(-c2ccc(Cl)cc2Cl)n1. The van der Waals surface area contributed by atoms with E-state index < -0.39 is 0 Å². The van der Waals surface area contributed by atoms with Crippen molar-refractivity contribution in [1.82, 2.24) is 15.1 Å². The van der Waals surface area contributed by atoms with Crippen molar-refractivity contribution in [1.29, 1.82) is 0 Å². The van der Waals surface area contributed by atoms with Crippen LogP contribution in [0.25, 0.3) is 5.69 Å². The summed E-state index contributed by atoms with van der Waals surface area (Å²) in [5.74, 6) is -0.309.